The number of nitrogens with one attached hydrogen (secondary N) is 2. The van der Waals surface area contributed by atoms with Gasteiger partial charge in [0.15, 0.2) is 5.82 Å². The van der Waals surface area contributed by atoms with Crippen LogP contribution in [0, 0.1) is 6.92 Å². The molecule has 0 amide bonds. The molecule has 2 aromatic heterocycles. The predicted octanol–water partition coefficient (Wildman–Crippen LogP) is 2.19. The lowest BCUT2D eigenvalue weighted by Gasteiger charge is -2.15. The van der Waals surface area contributed by atoms with E-state index < -0.39 is 0 Å². The Morgan fingerprint density at radius 1 is 1.53 bits per heavy atom. The zero-order valence-electron chi connectivity index (χ0n) is 11.2. The first kappa shape index (κ1) is 13.6. The summed E-state index contributed by atoms with van der Waals surface area (Å²) < 4.78 is 5.07. The van der Waals surface area contributed by atoms with E-state index in [9.17, 15) is 4.79 Å². The van der Waals surface area contributed by atoms with E-state index in [0.29, 0.717) is 5.82 Å². The van der Waals surface area contributed by atoms with Crippen molar-refractivity contribution in [2.45, 2.75) is 26.3 Å². The van der Waals surface area contributed by atoms with Gasteiger partial charge in [-0.05, 0) is 26.0 Å². The number of aryl methyl sites for hydroxylation is 1. The zero-order valence-corrected chi connectivity index (χ0v) is 12.0. The van der Waals surface area contributed by atoms with Gasteiger partial charge in [0.2, 0.25) is 5.75 Å². The van der Waals surface area contributed by atoms with Crippen molar-refractivity contribution < 1.29 is 4.74 Å². The number of nitrogens with zero attached hydrogens (tertiary/aromatic N) is 1. The van der Waals surface area contributed by atoms with E-state index >= 15 is 0 Å². The molecule has 0 saturated heterocycles. The average molecular weight is 279 g/mol. The molecule has 0 aliphatic heterocycles. The van der Waals surface area contributed by atoms with E-state index in [-0.39, 0.29) is 17.4 Å². The lowest BCUT2D eigenvalue weighted by molar-refractivity contribution is 0.407. The van der Waals surface area contributed by atoms with Crippen molar-refractivity contribution in [2.24, 2.45) is 0 Å². The van der Waals surface area contributed by atoms with Crippen molar-refractivity contribution in [3.63, 3.8) is 0 Å². The Morgan fingerprint density at radius 3 is 2.95 bits per heavy atom. The number of aromatic amines is 1. The molecule has 0 saturated carbocycles. The lowest BCUT2D eigenvalue weighted by atomic mass is 10.2. The molecule has 0 fully saturated rings. The van der Waals surface area contributed by atoms with Crippen LogP contribution in [0.1, 0.15) is 16.7 Å². The number of anilines is 1. The molecule has 0 aliphatic carbocycles. The summed E-state index contributed by atoms with van der Waals surface area (Å²) in [6.45, 7) is 4.14. The van der Waals surface area contributed by atoms with Crippen LogP contribution in [0.15, 0.2) is 23.3 Å². The molecule has 1 atom stereocenters. The highest BCUT2D eigenvalue weighted by molar-refractivity contribution is 7.11. The predicted molar refractivity (Wildman–Crippen MR) is 77.3 cm³/mol. The first-order valence-electron chi connectivity index (χ1n) is 6.03. The van der Waals surface area contributed by atoms with Gasteiger partial charge in [-0.25, -0.2) is 4.98 Å². The summed E-state index contributed by atoms with van der Waals surface area (Å²) in [4.78, 5) is 20.8. The van der Waals surface area contributed by atoms with Crippen molar-refractivity contribution in [3.8, 4) is 5.75 Å². The van der Waals surface area contributed by atoms with Crippen LogP contribution in [0.25, 0.3) is 0 Å². The summed E-state index contributed by atoms with van der Waals surface area (Å²) in [5.41, 5.74) is -0.279. The van der Waals surface area contributed by atoms with E-state index in [1.165, 1.54) is 23.2 Å². The lowest BCUT2D eigenvalue weighted by Crippen LogP contribution is -2.21. The molecule has 0 aliphatic rings. The van der Waals surface area contributed by atoms with Crippen molar-refractivity contribution in [1.82, 2.24) is 9.97 Å². The Hall–Kier alpha value is -1.82. The largest absolute Gasteiger partial charge is 0.489 e. The summed E-state index contributed by atoms with van der Waals surface area (Å²) in [7, 11) is 1.46. The Bertz CT molecular complexity index is 606. The summed E-state index contributed by atoms with van der Waals surface area (Å²) in [6, 6.07) is 4.40. The highest BCUT2D eigenvalue weighted by Crippen LogP contribution is 2.20. The molecule has 102 valence electrons. The maximum Gasteiger partial charge on any atom is 0.295 e. The number of rotatable bonds is 5. The molecule has 5 nitrogen and oxygen atoms in total. The molecule has 0 bridgehead atoms. The second-order valence-electron chi connectivity index (χ2n) is 4.38. The highest BCUT2D eigenvalue weighted by Gasteiger charge is 2.12. The SMILES string of the molecule is COc1c(NC(C)Cc2ccc(C)s2)nc[nH]c1=O. The van der Waals surface area contributed by atoms with Gasteiger partial charge in [-0.2, -0.15) is 0 Å². The summed E-state index contributed by atoms with van der Waals surface area (Å²) in [6.07, 6.45) is 2.26. The second kappa shape index (κ2) is 5.88. The molecule has 1 unspecified atom stereocenters. The molecule has 2 heterocycles. The minimum Gasteiger partial charge on any atom is -0.489 e. The van der Waals surface area contributed by atoms with Crippen molar-refractivity contribution in [3.05, 3.63) is 38.6 Å². The summed E-state index contributed by atoms with van der Waals surface area (Å²) in [5, 5.41) is 3.21. The quantitative estimate of drug-likeness (QED) is 0.880. The van der Waals surface area contributed by atoms with E-state index in [4.69, 9.17) is 4.74 Å². The van der Waals surface area contributed by atoms with Crippen LogP contribution in [-0.4, -0.2) is 23.1 Å². The zero-order chi connectivity index (χ0) is 13.8. The van der Waals surface area contributed by atoms with Gasteiger partial charge in [-0.1, -0.05) is 0 Å². The van der Waals surface area contributed by atoms with Gasteiger partial charge in [0, 0.05) is 22.2 Å². The van der Waals surface area contributed by atoms with Crippen LogP contribution in [0.2, 0.25) is 0 Å². The number of methoxy groups -OCH3 is 1. The van der Waals surface area contributed by atoms with Crippen molar-refractivity contribution in [1.29, 1.82) is 0 Å². The van der Waals surface area contributed by atoms with Gasteiger partial charge in [-0.3, -0.25) is 4.79 Å². The Labute approximate surface area is 115 Å². The average Bonchev–Trinajstić information content (AvgIpc) is 2.75. The first-order valence-corrected chi connectivity index (χ1v) is 6.85. The van der Waals surface area contributed by atoms with Gasteiger partial charge in [0.05, 0.1) is 13.4 Å². The van der Waals surface area contributed by atoms with E-state index in [2.05, 4.69) is 41.3 Å². The third kappa shape index (κ3) is 3.35. The second-order valence-corrected chi connectivity index (χ2v) is 5.75. The number of ether oxygens (including phenoxy) is 1. The molecule has 6 heteroatoms. The van der Waals surface area contributed by atoms with Crippen LogP contribution >= 0.6 is 11.3 Å². The molecule has 2 rings (SSSR count). The monoisotopic (exact) mass is 279 g/mol. The van der Waals surface area contributed by atoms with Crippen LogP contribution in [0.4, 0.5) is 5.82 Å². The van der Waals surface area contributed by atoms with E-state index in [1.807, 2.05) is 0 Å². The molecular formula is C13H17N3O2S. The Morgan fingerprint density at radius 2 is 2.32 bits per heavy atom. The van der Waals surface area contributed by atoms with Crippen molar-refractivity contribution in [2.75, 3.05) is 12.4 Å². The Kier molecular flexibility index (Phi) is 4.21. The minimum absolute atomic E-state index is 0.168. The molecule has 19 heavy (non-hydrogen) atoms. The number of H-pyrrole nitrogens is 1. The number of aromatic nitrogens is 2. The van der Waals surface area contributed by atoms with Crippen LogP contribution in [-0.2, 0) is 6.42 Å². The van der Waals surface area contributed by atoms with Gasteiger partial charge in [-0.15, -0.1) is 11.3 Å². The van der Waals surface area contributed by atoms with Crippen molar-refractivity contribution >= 4 is 17.2 Å². The summed E-state index contributed by atoms with van der Waals surface area (Å²) >= 11 is 1.78. The number of hydrogen-bond acceptors (Lipinski definition) is 5. The normalized spacial score (nSPS) is 12.2. The Balaban J connectivity index is 2.08. The van der Waals surface area contributed by atoms with Gasteiger partial charge in [0.25, 0.3) is 5.56 Å². The fraction of sp³-hybridized carbons (Fsp3) is 0.385. The third-order valence-corrected chi connectivity index (χ3v) is 3.72. The van der Waals surface area contributed by atoms with Gasteiger partial charge >= 0.3 is 0 Å². The van der Waals surface area contributed by atoms with E-state index in [0.717, 1.165) is 6.42 Å². The minimum atomic E-state index is -0.279. The maximum atomic E-state index is 11.6. The van der Waals surface area contributed by atoms with Gasteiger partial charge < -0.3 is 15.0 Å². The highest BCUT2D eigenvalue weighted by atomic mass is 32.1. The standard InChI is InChI=1S/C13H17N3O2S/c1-8(6-10-5-4-9(2)19-10)16-12-11(18-3)13(17)15-7-14-12/h4-5,7-8H,6H2,1-3H3,(H2,14,15,16,17). The molecule has 2 N–H and O–H groups in total. The molecule has 0 radical (unpaired) electrons. The number of hydrogen-bond donors (Lipinski definition) is 2. The van der Waals surface area contributed by atoms with Gasteiger partial charge in [0.1, 0.15) is 0 Å². The fourth-order valence-corrected chi connectivity index (χ4v) is 2.88. The maximum absolute atomic E-state index is 11.6. The molecule has 2 aromatic rings. The fourth-order valence-electron chi connectivity index (χ4n) is 1.86. The first-order chi connectivity index (χ1) is 9.10. The molecule has 0 aromatic carbocycles. The van der Waals surface area contributed by atoms with E-state index in [1.54, 1.807) is 11.3 Å². The van der Waals surface area contributed by atoms with Crippen LogP contribution < -0.4 is 15.6 Å². The smallest absolute Gasteiger partial charge is 0.295 e. The van der Waals surface area contributed by atoms with Crippen LogP contribution in [0.5, 0.6) is 5.75 Å². The molecule has 0 spiro atoms. The topological polar surface area (TPSA) is 67.0 Å². The van der Waals surface area contributed by atoms with Crippen LogP contribution in [0.3, 0.4) is 0 Å². The summed E-state index contributed by atoms with van der Waals surface area (Å²) in [5.74, 6) is 0.698. The number of thiophene rings is 1. The molecular weight excluding hydrogens is 262 g/mol. The third-order valence-electron chi connectivity index (χ3n) is 2.70.